The van der Waals surface area contributed by atoms with Gasteiger partial charge in [0.2, 0.25) is 0 Å². The number of methoxy groups -OCH3 is 1. The average Bonchev–Trinajstić information content (AvgIpc) is 2.14. The second kappa shape index (κ2) is 8.54. The summed E-state index contributed by atoms with van der Waals surface area (Å²) in [5, 5.41) is 1.33. The van der Waals surface area contributed by atoms with Crippen molar-refractivity contribution in [2.24, 2.45) is 5.92 Å². The molecule has 0 saturated carbocycles. The summed E-state index contributed by atoms with van der Waals surface area (Å²) < 4.78 is 11.6. The Morgan fingerprint density at radius 3 is 2.19 bits per heavy atom. The van der Waals surface area contributed by atoms with E-state index in [1.807, 2.05) is 0 Å². The van der Waals surface area contributed by atoms with E-state index < -0.39 is 14.7 Å². The van der Waals surface area contributed by atoms with E-state index in [9.17, 15) is 0 Å². The fourth-order valence-corrected chi connectivity index (χ4v) is 6.85. The Bertz CT molecular complexity index is 164. The Labute approximate surface area is 107 Å². The van der Waals surface area contributed by atoms with Gasteiger partial charge in [0.15, 0.2) is 0 Å². The maximum atomic E-state index is 6.15. The standard InChI is InChI=1S/C13H29GeO2/c1-12(2)8-9-14(13(3,4)5)16-11-7-10-15-6/h12H,7-11H2,1-6H3. The molecule has 0 aliphatic rings. The minimum absolute atomic E-state index is 0.405. The van der Waals surface area contributed by atoms with Crippen LogP contribution in [0.5, 0.6) is 0 Å². The molecule has 0 aromatic carbocycles. The zero-order valence-electron chi connectivity index (χ0n) is 11.9. The van der Waals surface area contributed by atoms with Crippen molar-refractivity contribution in [2.75, 3.05) is 20.3 Å². The SMILES string of the molecule is COCCC[O][Ge]([CH2]CC(C)C)[C](C)(C)C. The Hall–Kier alpha value is 0.463. The molecule has 0 saturated heterocycles. The van der Waals surface area contributed by atoms with Crippen LogP contribution in [0.4, 0.5) is 0 Å². The molecule has 2 nitrogen and oxygen atoms in total. The van der Waals surface area contributed by atoms with Crippen LogP contribution in [0.2, 0.25) is 9.50 Å². The molecule has 0 bridgehead atoms. The molecule has 0 aromatic rings. The summed E-state index contributed by atoms with van der Waals surface area (Å²) >= 11 is -1.37. The van der Waals surface area contributed by atoms with E-state index in [1.165, 1.54) is 11.7 Å². The van der Waals surface area contributed by atoms with Gasteiger partial charge in [0.05, 0.1) is 0 Å². The van der Waals surface area contributed by atoms with Gasteiger partial charge in [-0.15, -0.1) is 0 Å². The van der Waals surface area contributed by atoms with E-state index >= 15 is 0 Å². The Morgan fingerprint density at radius 2 is 1.75 bits per heavy atom. The van der Waals surface area contributed by atoms with Crippen LogP contribution in [0.15, 0.2) is 0 Å². The number of hydrogen-bond acceptors (Lipinski definition) is 2. The van der Waals surface area contributed by atoms with Crippen molar-refractivity contribution in [2.45, 2.75) is 57.0 Å². The summed E-state index contributed by atoms with van der Waals surface area (Å²) in [4.78, 5) is 0. The van der Waals surface area contributed by atoms with Crippen LogP contribution in [0.1, 0.15) is 47.5 Å². The van der Waals surface area contributed by atoms with Crippen LogP contribution >= 0.6 is 0 Å². The van der Waals surface area contributed by atoms with Crippen molar-refractivity contribution in [3.63, 3.8) is 0 Å². The maximum absolute atomic E-state index is 6.15. The van der Waals surface area contributed by atoms with Gasteiger partial charge in [-0.3, -0.25) is 0 Å². The van der Waals surface area contributed by atoms with Crippen molar-refractivity contribution in [3.8, 4) is 0 Å². The summed E-state index contributed by atoms with van der Waals surface area (Å²) in [6, 6.07) is 0. The normalized spacial score (nSPS) is 12.8. The molecule has 0 heterocycles. The van der Waals surface area contributed by atoms with Crippen LogP contribution in [0.25, 0.3) is 0 Å². The third kappa shape index (κ3) is 8.60. The van der Waals surface area contributed by atoms with Gasteiger partial charge in [-0.25, -0.2) is 0 Å². The van der Waals surface area contributed by atoms with Crippen molar-refractivity contribution >= 4 is 14.7 Å². The van der Waals surface area contributed by atoms with Crippen molar-refractivity contribution < 1.29 is 8.50 Å². The van der Waals surface area contributed by atoms with Crippen molar-refractivity contribution in [3.05, 3.63) is 0 Å². The Balaban J connectivity index is 3.92. The minimum atomic E-state index is -1.37. The summed E-state index contributed by atoms with van der Waals surface area (Å²) in [6.45, 7) is 13.3. The van der Waals surface area contributed by atoms with E-state index in [-0.39, 0.29) is 0 Å². The van der Waals surface area contributed by atoms with Gasteiger partial charge in [0, 0.05) is 0 Å². The first-order valence-corrected chi connectivity index (χ1v) is 9.75. The molecular formula is C13H29GeO2. The fourth-order valence-electron chi connectivity index (χ4n) is 1.48. The Kier molecular flexibility index (Phi) is 8.79. The van der Waals surface area contributed by atoms with Crippen LogP contribution in [0, 0.1) is 5.92 Å². The zero-order chi connectivity index (χ0) is 12.6. The molecule has 0 aliphatic carbocycles. The molecular weight excluding hydrogens is 261 g/mol. The predicted molar refractivity (Wildman–Crippen MR) is 72.2 cm³/mol. The van der Waals surface area contributed by atoms with Crippen LogP contribution in [-0.2, 0) is 8.50 Å². The van der Waals surface area contributed by atoms with E-state index in [2.05, 4.69) is 34.6 Å². The molecule has 0 atom stereocenters. The van der Waals surface area contributed by atoms with Gasteiger partial charge in [-0.1, -0.05) is 0 Å². The van der Waals surface area contributed by atoms with Crippen LogP contribution < -0.4 is 0 Å². The third-order valence-electron chi connectivity index (χ3n) is 2.55. The first-order valence-electron chi connectivity index (χ1n) is 6.36. The van der Waals surface area contributed by atoms with Crippen molar-refractivity contribution in [1.82, 2.24) is 0 Å². The molecule has 0 amide bonds. The average molecular weight is 290 g/mol. The van der Waals surface area contributed by atoms with Gasteiger partial charge in [0.1, 0.15) is 0 Å². The zero-order valence-corrected chi connectivity index (χ0v) is 14.0. The molecule has 1 radical (unpaired) electrons. The second-order valence-electron chi connectivity index (χ2n) is 5.80. The molecule has 97 valence electrons. The summed E-state index contributed by atoms with van der Waals surface area (Å²) in [6.07, 6.45) is 2.35. The molecule has 0 aromatic heterocycles. The topological polar surface area (TPSA) is 18.5 Å². The molecule has 3 heteroatoms. The van der Waals surface area contributed by atoms with Gasteiger partial charge >= 0.3 is 106 Å². The molecule has 16 heavy (non-hydrogen) atoms. The predicted octanol–water partition coefficient (Wildman–Crippen LogP) is 3.88. The van der Waals surface area contributed by atoms with E-state index in [4.69, 9.17) is 8.50 Å². The van der Waals surface area contributed by atoms with E-state index in [0.717, 1.165) is 25.6 Å². The molecule has 0 N–H and O–H groups in total. The van der Waals surface area contributed by atoms with E-state index in [0.29, 0.717) is 4.25 Å². The monoisotopic (exact) mass is 291 g/mol. The fraction of sp³-hybridized carbons (Fsp3) is 1.00. The van der Waals surface area contributed by atoms with Crippen LogP contribution in [-0.4, -0.2) is 35.0 Å². The van der Waals surface area contributed by atoms with Gasteiger partial charge in [-0.05, 0) is 0 Å². The summed E-state index contributed by atoms with van der Waals surface area (Å²) in [5.74, 6) is 0.799. The van der Waals surface area contributed by atoms with Gasteiger partial charge in [-0.2, -0.15) is 0 Å². The third-order valence-corrected chi connectivity index (χ3v) is 8.78. The number of ether oxygens (including phenoxy) is 1. The number of rotatable bonds is 8. The van der Waals surface area contributed by atoms with Crippen LogP contribution in [0.3, 0.4) is 0 Å². The molecule has 0 spiro atoms. The van der Waals surface area contributed by atoms with Gasteiger partial charge in [0.25, 0.3) is 0 Å². The molecule has 0 fully saturated rings. The van der Waals surface area contributed by atoms with E-state index in [1.54, 1.807) is 7.11 Å². The number of hydrogen-bond donors (Lipinski definition) is 0. The first-order chi connectivity index (χ1) is 7.38. The summed E-state index contributed by atoms with van der Waals surface area (Å²) in [5.41, 5.74) is 0. The molecule has 0 unspecified atom stereocenters. The van der Waals surface area contributed by atoms with Gasteiger partial charge < -0.3 is 0 Å². The molecule has 0 aliphatic heterocycles. The summed E-state index contributed by atoms with van der Waals surface area (Å²) in [7, 11) is 1.75. The molecule has 0 rings (SSSR count). The van der Waals surface area contributed by atoms with Crippen molar-refractivity contribution in [1.29, 1.82) is 0 Å². The quantitative estimate of drug-likeness (QED) is 0.499. The second-order valence-corrected chi connectivity index (χ2v) is 12.4. The Morgan fingerprint density at radius 1 is 1.12 bits per heavy atom. The first kappa shape index (κ1) is 16.5.